The Hall–Kier alpha value is -3.91. The van der Waals surface area contributed by atoms with Gasteiger partial charge in [0.2, 0.25) is 5.91 Å². The predicted molar refractivity (Wildman–Crippen MR) is 147 cm³/mol. The summed E-state index contributed by atoms with van der Waals surface area (Å²) in [6.45, 7) is 5.57. The van der Waals surface area contributed by atoms with E-state index >= 15 is 0 Å². The molecule has 8 nitrogen and oxygen atoms in total. The number of carbonyl (C=O) groups is 2. The third-order valence-corrected chi connectivity index (χ3v) is 6.67. The van der Waals surface area contributed by atoms with Crippen molar-refractivity contribution in [2.45, 2.75) is 32.9 Å². The first kappa shape index (κ1) is 27.1. The van der Waals surface area contributed by atoms with Crippen LogP contribution in [-0.2, 0) is 22.7 Å². The number of carbonyl (C=O) groups excluding carboxylic acids is 2. The normalized spacial score (nSPS) is 15.1. The molecule has 2 aromatic carbocycles. The number of amides is 2. The maximum absolute atomic E-state index is 13.4. The minimum absolute atomic E-state index is 0.00689. The van der Waals surface area contributed by atoms with Gasteiger partial charge in [0.25, 0.3) is 5.91 Å². The number of pyridine rings is 1. The second-order valence-corrected chi connectivity index (χ2v) is 9.43. The largest absolute Gasteiger partial charge is 0.497 e. The van der Waals surface area contributed by atoms with E-state index in [0.29, 0.717) is 31.1 Å². The van der Waals surface area contributed by atoms with Gasteiger partial charge in [-0.05, 0) is 48.2 Å². The smallest absolute Gasteiger partial charge is 0.260 e. The molecule has 0 aliphatic carbocycles. The van der Waals surface area contributed by atoms with Crippen LogP contribution in [0.1, 0.15) is 30.9 Å². The van der Waals surface area contributed by atoms with Gasteiger partial charge in [-0.1, -0.05) is 30.3 Å². The highest BCUT2D eigenvalue weighted by Crippen LogP contribution is 2.24. The molecule has 3 aromatic rings. The number of fused-ring (bicyclic) bond motifs is 1. The molecule has 38 heavy (non-hydrogen) atoms. The first-order chi connectivity index (χ1) is 18.5. The lowest BCUT2D eigenvalue weighted by Gasteiger charge is -2.31. The molecule has 1 aliphatic rings. The van der Waals surface area contributed by atoms with Crippen molar-refractivity contribution in [3.05, 3.63) is 84.2 Å². The van der Waals surface area contributed by atoms with Gasteiger partial charge in [0.1, 0.15) is 11.5 Å². The number of hydrogen-bond donors (Lipinski definition) is 0. The molecule has 0 bridgehead atoms. The Balaban J connectivity index is 1.54. The van der Waals surface area contributed by atoms with Crippen molar-refractivity contribution in [1.29, 1.82) is 0 Å². The minimum atomic E-state index is -0.104. The Bertz CT molecular complexity index is 1200. The number of methoxy groups -OCH3 is 1. The molecule has 2 heterocycles. The zero-order chi connectivity index (χ0) is 26.7. The summed E-state index contributed by atoms with van der Waals surface area (Å²) in [4.78, 5) is 36.4. The van der Waals surface area contributed by atoms with Crippen LogP contribution in [-0.4, -0.2) is 66.5 Å². The van der Waals surface area contributed by atoms with Crippen LogP contribution >= 0.6 is 0 Å². The van der Waals surface area contributed by atoms with E-state index in [2.05, 4.69) is 16.0 Å². The lowest BCUT2D eigenvalue weighted by molar-refractivity contribution is -0.134. The van der Waals surface area contributed by atoms with Crippen LogP contribution in [0.3, 0.4) is 0 Å². The molecule has 0 atom stereocenters. The highest BCUT2D eigenvalue weighted by atomic mass is 16.5. The number of para-hydroxylation sites is 1. The first-order valence-electron chi connectivity index (χ1n) is 13.1. The van der Waals surface area contributed by atoms with Gasteiger partial charge in [0, 0.05) is 70.3 Å². The van der Waals surface area contributed by atoms with Gasteiger partial charge in [0.05, 0.1) is 7.11 Å². The molecule has 1 aliphatic heterocycles. The zero-order valence-corrected chi connectivity index (χ0v) is 22.2. The van der Waals surface area contributed by atoms with Crippen LogP contribution in [0, 0.1) is 0 Å². The van der Waals surface area contributed by atoms with Gasteiger partial charge in [-0.2, -0.15) is 0 Å². The SMILES string of the molecule is COc1cccc(OCC(=O)N2CCCN(Cc3cccnc3)CCCN(C(C)=O)c3ccccc3C2)c1. The summed E-state index contributed by atoms with van der Waals surface area (Å²) in [5, 5.41) is 0. The molecule has 1 aromatic heterocycles. The molecule has 4 rings (SSSR count). The lowest BCUT2D eigenvalue weighted by Crippen LogP contribution is -2.39. The zero-order valence-electron chi connectivity index (χ0n) is 22.2. The fourth-order valence-electron chi connectivity index (χ4n) is 4.74. The van der Waals surface area contributed by atoms with Crippen molar-refractivity contribution in [3.63, 3.8) is 0 Å². The second-order valence-electron chi connectivity index (χ2n) is 9.43. The number of anilines is 1. The third-order valence-electron chi connectivity index (χ3n) is 6.67. The van der Waals surface area contributed by atoms with Crippen molar-refractivity contribution >= 4 is 17.5 Å². The van der Waals surface area contributed by atoms with E-state index in [4.69, 9.17) is 9.47 Å². The third kappa shape index (κ3) is 7.55. The van der Waals surface area contributed by atoms with Crippen molar-refractivity contribution in [2.75, 3.05) is 44.8 Å². The highest BCUT2D eigenvalue weighted by Gasteiger charge is 2.22. The van der Waals surface area contributed by atoms with Gasteiger partial charge in [-0.3, -0.25) is 19.5 Å². The van der Waals surface area contributed by atoms with E-state index in [1.54, 1.807) is 26.3 Å². The van der Waals surface area contributed by atoms with Gasteiger partial charge >= 0.3 is 0 Å². The van der Waals surface area contributed by atoms with Crippen molar-refractivity contribution in [1.82, 2.24) is 14.8 Å². The summed E-state index contributed by atoms with van der Waals surface area (Å²) in [5.41, 5.74) is 2.95. The Morgan fingerprint density at radius 2 is 1.71 bits per heavy atom. The molecule has 0 unspecified atom stereocenters. The average molecular weight is 517 g/mol. The molecule has 0 spiro atoms. The fourth-order valence-corrected chi connectivity index (χ4v) is 4.74. The molecule has 0 saturated carbocycles. The topological polar surface area (TPSA) is 75.2 Å². The van der Waals surface area contributed by atoms with Crippen molar-refractivity contribution < 1.29 is 19.1 Å². The van der Waals surface area contributed by atoms with Gasteiger partial charge in [-0.25, -0.2) is 0 Å². The van der Waals surface area contributed by atoms with Crippen LogP contribution < -0.4 is 14.4 Å². The van der Waals surface area contributed by atoms with E-state index in [-0.39, 0.29) is 18.4 Å². The van der Waals surface area contributed by atoms with E-state index < -0.39 is 0 Å². The Morgan fingerprint density at radius 3 is 2.47 bits per heavy atom. The fraction of sp³-hybridized carbons (Fsp3) is 0.367. The van der Waals surface area contributed by atoms with E-state index in [9.17, 15) is 9.59 Å². The van der Waals surface area contributed by atoms with Crippen LogP contribution in [0.15, 0.2) is 73.1 Å². The van der Waals surface area contributed by atoms with Crippen LogP contribution in [0.25, 0.3) is 0 Å². The van der Waals surface area contributed by atoms with Crippen LogP contribution in [0.5, 0.6) is 11.5 Å². The van der Waals surface area contributed by atoms with Gasteiger partial charge in [-0.15, -0.1) is 0 Å². The quantitative estimate of drug-likeness (QED) is 0.490. The summed E-state index contributed by atoms with van der Waals surface area (Å²) in [7, 11) is 1.60. The van der Waals surface area contributed by atoms with Crippen molar-refractivity contribution in [2.24, 2.45) is 0 Å². The van der Waals surface area contributed by atoms with Crippen LogP contribution in [0.2, 0.25) is 0 Å². The Kier molecular flexibility index (Phi) is 9.70. The lowest BCUT2D eigenvalue weighted by atomic mass is 10.1. The molecule has 2 amide bonds. The van der Waals surface area contributed by atoms with E-state index in [0.717, 1.165) is 49.3 Å². The Morgan fingerprint density at radius 1 is 0.921 bits per heavy atom. The predicted octanol–water partition coefficient (Wildman–Crippen LogP) is 4.15. The number of nitrogens with zero attached hydrogens (tertiary/aromatic N) is 4. The molecular weight excluding hydrogens is 480 g/mol. The Labute approximate surface area is 224 Å². The summed E-state index contributed by atoms with van der Waals surface area (Å²) in [6, 6.07) is 19.1. The molecule has 0 radical (unpaired) electrons. The number of rotatable bonds is 6. The maximum Gasteiger partial charge on any atom is 0.260 e. The standard InChI is InChI=1S/C30H36N4O4/c1-24(35)34-18-8-16-32(21-25-9-6-14-31-20-25)15-7-17-33(22-26-10-3-4-13-29(26)34)30(36)23-38-28-12-5-11-27(19-28)37-2/h3-6,9-14,19-20H,7-8,15-18,21-23H2,1-2H3. The van der Waals surface area contributed by atoms with E-state index in [1.807, 2.05) is 64.5 Å². The summed E-state index contributed by atoms with van der Waals surface area (Å²) in [6.07, 6.45) is 5.34. The number of benzene rings is 2. The molecular formula is C30H36N4O4. The van der Waals surface area contributed by atoms with Crippen molar-refractivity contribution in [3.8, 4) is 11.5 Å². The molecule has 0 N–H and O–H groups in total. The van der Waals surface area contributed by atoms with E-state index in [1.165, 1.54) is 0 Å². The molecule has 8 heteroatoms. The minimum Gasteiger partial charge on any atom is -0.497 e. The molecule has 0 saturated heterocycles. The summed E-state index contributed by atoms with van der Waals surface area (Å²) >= 11 is 0. The average Bonchev–Trinajstić information content (AvgIpc) is 2.93. The number of hydrogen-bond acceptors (Lipinski definition) is 6. The second kappa shape index (κ2) is 13.6. The van der Waals surface area contributed by atoms with Crippen LogP contribution in [0.4, 0.5) is 5.69 Å². The monoisotopic (exact) mass is 516 g/mol. The summed E-state index contributed by atoms with van der Waals surface area (Å²) in [5.74, 6) is 1.14. The molecule has 0 fully saturated rings. The van der Waals surface area contributed by atoms with Gasteiger partial charge in [0.15, 0.2) is 6.61 Å². The first-order valence-corrected chi connectivity index (χ1v) is 13.1. The summed E-state index contributed by atoms with van der Waals surface area (Å²) < 4.78 is 11.1. The molecule has 200 valence electrons. The number of aromatic nitrogens is 1. The highest BCUT2D eigenvalue weighted by molar-refractivity contribution is 5.92. The van der Waals surface area contributed by atoms with Gasteiger partial charge < -0.3 is 19.3 Å². The maximum atomic E-state index is 13.4. The number of ether oxygens (including phenoxy) is 2.